The standard InChI is InChI=1S/C23H24N2O3S/c1-14(2)28-18-11-7-10-17(13-18)22(27)25-23-20(21(24)26)15(3)19(29-23)12-16-8-5-4-6-9-16/h4-11,13-14H,12H2,1-3H3,(H2,24,26)(H,25,27). The van der Waals surface area contributed by atoms with Crippen LogP contribution < -0.4 is 15.8 Å². The van der Waals surface area contributed by atoms with E-state index in [1.165, 1.54) is 11.3 Å². The van der Waals surface area contributed by atoms with Crippen LogP contribution in [-0.2, 0) is 6.42 Å². The summed E-state index contributed by atoms with van der Waals surface area (Å²) in [5, 5.41) is 3.33. The van der Waals surface area contributed by atoms with E-state index in [0.717, 1.165) is 16.0 Å². The molecule has 1 aromatic heterocycles. The monoisotopic (exact) mass is 408 g/mol. The first-order valence-electron chi connectivity index (χ1n) is 9.39. The summed E-state index contributed by atoms with van der Waals surface area (Å²) in [6.07, 6.45) is 0.681. The van der Waals surface area contributed by atoms with Gasteiger partial charge in [-0.1, -0.05) is 36.4 Å². The normalized spacial score (nSPS) is 10.8. The minimum atomic E-state index is -0.551. The van der Waals surface area contributed by atoms with Crippen LogP contribution in [0, 0.1) is 6.92 Å². The summed E-state index contributed by atoms with van der Waals surface area (Å²) in [5.41, 5.74) is 8.36. The number of thiophene rings is 1. The fraction of sp³-hybridized carbons (Fsp3) is 0.217. The predicted molar refractivity (Wildman–Crippen MR) is 117 cm³/mol. The molecule has 0 radical (unpaired) electrons. The summed E-state index contributed by atoms with van der Waals surface area (Å²) in [4.78, 5) is 25.9. The van der Waals surface area contributed by atoms with E-state index in [9.17, 15) is 9.59 Å². The van der Waals surface area contributed by atoms with Gasteiger partial charge in [0.25, 0.3) is 11.8 Å². The lowest BCUT2D eigenvalue weighted by molar-refractivity contribution is 0.100. The van der Waals surface area contributed by atoms with E-state index in [2.05, 4.69) is 5.32 Å². The average Bonchev–Trinajstić information content (AvgIpc) is 2.97. The molecule has 5 nitrogen and oxygen atoms in total. The molecule has 0 saturated heterocycles. The largest absolute Gasteiger partial charge is 0.491 e. The van der Waals surface area contributed by atoms with E-state index in [1.54, 1.807) is 24.3 Å². The van der Waals surface area contributed by atoms with Gasteiger partial charge in [-0.25, -0.2) is 0 Å². The number of rotatable bonds is 7. The van der Waals surface area contributed by atoms with Crippen molar-refractivity contribution >= 4 is 28.2 Å². The Morgan fingerprint density at radius 1 is 1.10 bits per heavy atom. The summed E-state index contributed by atoms with van der Waals surface area (Å²) in [7, 11) is 0. The second-order valence-corrected chi connectivity index (χ2v) is 8.13. The maximum atomic E-state index is 12.8. The molecule has 150 valence electrons. The van der Waals surface area contributed by atoms with Crippen LogP contribution in [-0.4, -0.2) is 17.9 Å². The Balaban J connectivity index is 1.87. The van der Waals surface area contributed by atoms with Crippen molar-refractivity contribution in [1.29, 1.82) is 0 Å². The molecule has 0 aliphatic heterocycles. The molecular formula is C23H24N2O3S. The molecule has 0 fully saturated rings. The van der Waals surface area contributed by atoms with Gasteiger partial charge in [0.05, 0.1) is 11.7 Å². The lowest BCUT2D eigenvalue weighted by atomic mass is 10.1. The Labute approximate surface area is 174 Å². The van der Waals surface area contributed by atoms with Crippen LogP contribution in [0.2, 0.25) is 0 Å². The number of carbonyl (C=O) groups is 2. The van der Waals surface area contributed by atoms with Gasteiger partial charge < -0.3 is 15.8 Å². The molecule has 3 aromatic rings. The Hall–Kier alpha value is -3.12. The number of benzene rings is 2. The number of nitrogens with one attached hydrogen (secondary N) is 1. The van der Waals surface area contributed by atoms with Crippen molar-refractivity contribution in [2.24, 2.45) is 5.73 Å². The van der Waals surface area contributed by atoms with Crippen molar-refractivity contribution in [2.75, 3.05) is 5.32 Å². The van der Waals surface area contributed by atoms with Crippen molar-refractivity contribution in [3.63, 3.8) is 0 Å². The summed E-state index contributed by atoms with van der Waals surface area (Å²) in [6, 6.07) is 16.9. The van der Waals surface area contributed by atoms with Crippen molar-refractivity contribution in [3.8, 4) is 5.75 Å². The van der Waals surface area contributed by atoms with Gasteiger partial charge in [0, 0.05) is 16.9 Å². The zero-order chi connectivity index (χ0) is 21.0. The zero-order valence-corrected chi connectivity index (χ0v) is 17.5. The van der Waals surface area contributed by atoms with Gasteiger partial charge in [0.1, 0.15) is 10.8 Å². The first-order valence-corrected chi connectivity index (χ1v) is 10.2. The van der Waals surface area contributed by atoms with Gasteiger partial charge >= 0.3 is 0 Å². The number of hydrogen-bond donors (Lipinski definition) is 2. The molecule has 29 heavy (non-hydrogen) atoms. The lowest BCUT2D eigenvalue weighted by Crippen LogP contribution is -2.17. The first kappa shape index (κ1) is 20.6. The van der Waals surface area contributed by atoms with Crippen LogP contribution in [0.15, 0.2) is 54.6 Å². The molecule has 0 bridgehead atoms. The zero-order valence-electron chi connectivity index (χ0n) is 16.7. The van der Waals surface area contributed by atoms with Crippen LogP contribution in [0.3, 0.4) is 0 Å². The molecule has 0 aliphatic rings. The van der Waals surface area contributed by atoms with Gasteiger partial charge in [0.2, 0.25) is 0 Å². The number of primary amides is 1. The predicted octanol–water partition coefficient (Wildman–Crippen LogP) is 4.79. The van der Waals surface area contributed by atoms with E-state index in [4.69, 9.17) is 10.5 Å². The van der Waals surface area contributed by atoms with Gasteiger partial charge in [-0.15, -0.1) is 11.3 Å². The summed E-state index contributed by atoms with van der Waals surface area (Å²) < 4.78 is 5.66. The molecule has 3 rings (SSSR count). The van der Waals surface area contributed by atoms with Crippen molar-refractivity contribution in [1.82, 2.24) is 0 Å². The fourth-order valence-electron chi connectivity index (χ4n) is 3.05. The van der Waals surface area contributed by atoms with E-state index in [1.807, 2.05) is 51.1 Å². The van der Waals surface area contributed by atoms with Crippen molar-refractivity contribution in [3.05, 3.63) is 81.7 Å². The van der Waals surface area contributed by atoms with Gasteiger partial charge in [0.15, 0.2) is 0 Å². The second kappa shape index (κ2) is 8.92. The van der Waals surface area contributed by atoms with Crippen molar-refractivity contribution in [2.45, 2.75) is 33.3 Å². The SMILES string of the molecule is Cc1c(Cc2ccccc2)sc(NC(=O)c2cccc(OC(C)C)c2)c1C(N)=O. The number of hydrogen-bond acceptors (Lipinski definition) is 4. The number of nitrogens with two attached hydrogens (primary N) is 1. The van der Waals surface area contributed by atoms with E-state index in [-0.39, 0.29) is 12.0 Å². The highest BCUT2D eigenvalue weighted by molar-refractivity contribution is 7.17. The van der Waals surface area contributed by atoms with E-state index in [0.29, 0.717) is 28.3 Å². The third kappa shape index (κ3) is 5.03. The van der Waals surface area contributed by atoms with Crippen molar-refractivity contribution < 1.29 is 14.3 Å². The highest BCUT2D eigenvalue weighted by atomic mass is 32.1. The van der Waals surface area contributed by atoms with Crippen LogP contribution in [0.5, 0.6) is 5.75 Å². The molecule has 2 amide bonds. The highest BCUT2D eigenvalue weighted by Crippen LogP contribution is 2.34. The molecule has 1 heterocycles. The number of carbonyl (C=O) groups excluding carboxylic acids is 2. The van der Waals surface area contributed by atoms with Gasteiger partial charge in [-0.2, -0.15) is 0 Å². The molecule has 0 aliphatic carbocycles. The second-order valence-electron chi connectivity index (χ2n) is 7.03. The maximum absolute atomic E-state index is 12.8. The maximum Gasteiger partial charge on any atom is 0.256 e. The summed E-state index contributed by atoms with van der Waals surface area (Å²) in [6.45, 7) is 5.71. The van der Waals surface area contributed by atoms with E-state index < -0.39 is 5.91 Å². The molecule has 0 unspecified atom stereocenters. The molecule has 0 spiro atoms. The van der Waals surface area contributed by atoms with Gasteiger partial charge in [-0.3, -0.25) is 9.59 Å². The highest BCUT2D eigenvalue weighted by Gasteiger charge is 2.21. The summed E-state index contributed by atoms with van der Waals surface area (Å²) >= 11 is 1.38. The molecule has 2 aromatic carbocycles. The average molecular weight is 409 g/mol. The van der Waals surface area contributed by atoms with E-state index >= 15 is 0 Å². The van der Waals surface area contributed by atoms with Crippen LogP contribution in [0.4, 0.5) is 5.00 Å². The minimum Gasteiger partial charge on any atom is -0.491 e. The van der Waals surface area contributed by atoms with Crippen LogP contribution in [0.1, 0.15) is 50.6 Å². The molecule has 0 saturated carbocycles. The fourth-order valence-corrected chi connectivity index (χ4v) is 4.29. The van der Waals surface area contributed by atoms with Gasteiger partial charge in [-0.05, 0) is 50.1 Å². The topological polar surface area (TPSA) is 81.4 Å². The quantitative estimate of drug-likeness (QED) is 0.590. The third-order valence-corrected chi connectivity index (χ3v) is 5.60. The Kier molecular flexibility index (Phi) is 6.34. The summed E-state index contributed by atoms with van der Waals surface area (Å²) in [5.74, 6) is -0.241. The Bertz CT molecular complexity index is 1030. The smallest absolute Gasteiger partial charge is 0.256 e. The third-order valence-electron chi connectivity index (χ3n) is 4.39. The molecule has 0 atom stereocenters. The van der Waals surface area contributed by atoms with Crippen LogP contribution >= 0.6 is 11.3 Å². The Morgan fingerprint density at radius 3 is 2.48 bits per heavy atom. The number of ether oxygens (including phenoxy) is 1. The minimum absolute atomic E-state index is 0.00951. The number of amides is 2. The molecular weight excluding hydrogens is 384 g/mol. The first-order chi connectivity index (χ1) is 13.8. The number of anilines is 1. The Morgan fingerprint density at radius 2 is 1.83 bits per heavy atom. The van der Waals surface area contributed by atoms with Crippen LogP contribution in [0.25, 0.3) is 0 Å². The molecule has 6 heteroatoms. The lowest BCUT2D eigenvalue weighted by Gasteiger charge is -2.11. The molecule has 3 N–H and O–H groups in total.